The highest BCUT2D eigenvalue weighted by Crippen LogP contribution is 2.30. The minimum atomic E-state index is -3.90. The molecule has 2 amide bonds. The van der Waals surface area contributed by atoms with Crippen LogP contribution in [0.4, 0.5) is 11.4 Å². The Bertz CT molecular complexity index is 1250. The molecule has 0 aliphatic rings. The van der Waals surface area contributed by atoms with Crippen molar-refractivity contribution >= 4 is 39.2 Å². The number of benzene rings is 2. The van der Waals surface area contributed by atoms with Crippen LogP contribution < -0.4 is 15.8 Å². The number of phenols is 1. The van der Waals surface area contributed by atoms with Crippen LogP contribution in [-0.4, -0.2) is 54.0 Å². The lowest BCUT2D eigenvalue weighted by Gasteiger charge is -2.23. The van der Waals surface area contributed by atoms with E-state index in [4.69, 9.17) is 9.88 Å². The van der Waals surface area contributed by atoms with Gasteiger partial charge >= 0.3 is 11.7 Å². The summed E-state index contributed by atoms with van der Waals surface area (Å²) in [5, 5.41) is 41.0. The minimum Gasteiger partial charge on any atom is -0.502 e. The number of sulfonamides is 1. The van der Waals surface area contributed by atoms with Crippen LogP contribution in [0.2, 0.25) is 0 Å². The van der Waals surface area contributed by atoms with Gasteiger partial charge in [-0.15, -0.1) is 0 Å². The summed E-state index contributed by atoms with van der Waals surface area (Å²) in [5.41, 5.74) is -0.602. The van der Waals surface area contributed by atoms with E-state index in [-0.39, 0.29) is 29.2 Å². The number of amides is 2. The fraction of sp³-hybridized carbons (Fsp3) is 0.286. The summed E-state index contributed by atoms with van der Waals surface area (Å²) in [5.74, 6) is -3.08. The molecule has 6 N–H and O–H groups in total. The average molecular weight is 525 g/mol. The zero-order chi connectivity index (χ0) is 27.0. The SMILES string of the molecule is CCOC(=O)[C@@H](NC(=O)CCC(=O)Nc1ccc(S(N)(=O)=O)cc1)[C@@H](O)c1ccc(O)c([N+](=O)[O-])c1. The summed E-state index contributed by atoms with van der Waals surface area (Å²) in [4.78, 5) is 46.9. The van der Waals surface area contributed by atoms with E-state index in [9.17, 15) is 43.1 Å². The molecule has 0 aromatic heterocycles. The summed E-state index contributed by atoms with van der Waals surface area (Å²) in [6, 6.07) is 6.29. The number of primary sulfonamides is 1. The molecule has 2 rings (SSSR count). The summed E-state index contributed by atoms with van der Waals surface area (Å²) in [7, 11) is -3.90. The zero-order valence-corrected chi connectivity index (χ0v) is 19.7. The number of hydrogen-bond donors (Lipinski definition) is 5. The Balaban J connectivity index is 2.05. The lowest BCUT2D eigenvalue weighted by molar-refractivity contribution is -0.386. The van der Waals surface area contributed by atoms with Crippen LogP contribution >= 0.6 is 0 Å². The second-order valence-electron chi connectivity index (χ2n) is 7.36. The summed E-state index contributed by atoms with van der Waals surface area (Å²) < 4.78 is 27.4. The number of nitro benzene ring substituents is 1. The molecule has 2 atom stereocenters. The number of aliphatic hydroxyl groups is 1. The molecule has 0 heterocycles. The number of ether oxygens (including phenoxy) is 1. The molecule has 0 saturated carbocycles. The topological polar surface area (TPSA) is 228 Å². The first kappa shape index (κ1) is 28.2. The van der Waals surface area contributed by atoms with E-state index >= 15 is 0 Å². The minimum absolute atomic E-state index is 0.0830. The van der Waals surface area contributed by atoms with Crippen LogP contribution in [0.25, 0.3) is 0 Å². The number of nitrogens with one attached hydrogen (secondary N) is 2. The smallest absolute Gasteiger partial charge is 0.331 e. The molecule has 0 aliphatic carbocycles. The van der Waals surface area contributed by atoms with Crippen LogP contribution in [0.1, 0.15) is 31.4 Å². The van der Waals surface area contributed by atoms with Gasteiger partial charge in [-0.2, -0.15) is 0 Å². The summed E-state index contributed by atoms with van der Waals surface area (Å²) in [6.45, 7) is 1.41. The maximum Gasteiger partial charge on any atom is 0.331 e. The van der Waals surface area contributed by atoms with Gasteiger partial charge < -0.3 is 25.6 Å². The molecule has 0 bridgehead atoms. The Morgan fingerprint density at radius 1 is 1.11 bits per heavy atom. The van der Waals surface area contributed by atoms with Crippen LogP contribution in [0.3, 0.4) is 0 Å². The third kappa shape index (κ3) is 7.72. The van der Waals surface area contributed by atoms with E-state index in [0.717, 1.165) is 18.2 Å². The van der Waals surface area contributed by atoms with Crippen molar-refractivity contribution in [1.29, 1.82) is 0 Å². The van der Waals surface area contributed by atoms with Gasteiger partial charge in [0.2, 0.25) is 21.8 Å². The predicted octanol–water partition coefficient (Wildman–Crippen LogP) is 0.448. The predicted molar refractivity (Wildman–Crippen MR) is 124 cm³/mol. The summed E-state index contributed by atoms with van der Waals surface area (Å²) >= 11 is 0. The monoisotopic (exact) mass is 524 g/mol. The lowest BCUT2D eigenvalue weighted by Crippen LogP contribution is -2.46. The van der Waals surface area contributed by atoms with Crippen molar-refractivity contribution in [1.82, 2.24) is 5.32 Å². The number of rotatable bonds is 11. The molecule has 15 heteroatoms. The molecular weight excluding hydrogens is 500 g/mol. The van der Waals surface area contributed by atoms with E-state index in [1.807, 2.05) is 0 Å². The second-order valence-corrected chi connectivity index (χ2v) is 8.93. The largest absolute Gasteiger partial charge is 0.502 e. The molecule has 0 radical (unpaired) electrons. The average Bonchev–Trinajstić information content (AvgIpc) is 2.80. The fourth-order valence-electron chi connectivity index (χ4n) is 2.99. The number of carbonyl (C=O) groups is 3. The number of carbonyl (C=O) groups excluding carboxylic acids is 3. The van der Waals surface area contributed by atoms with Crippen LogP contribution in [-0.2, 0) is 29.1 Å². The number of hydrogen-bond acceptors (Lipinski definition) is 10. The molecule has 0 fully saturated rings. The number of aliphatic hydroxyl groups excluding tert-OH is 1. The van der Waals surface area contributed by atoms with E-state index in [1.165, 1.54) is 31.2 Å². The molecule has 2 aromatic rings. The quantitative estimate of drug-likeness (QED) is 0.155. The number of nitro groups is 1. The van der Waals surface area contributed by atoms with Gasteiger partial charge in [-0.1, -0.05) is 6.07 Å². The molecule has 0 unspecified atom stereocenters. The van der Waals surface area contributed by atoms with Crippen molar-refractivity contribution in [2.24, 2.45) is 5.14 Å². The number of phenolic OH excluding ortho intramolecular Hbond substituents is 1. The standard InChI is InChI=1S/C21H24N4O10S/c1-2-35-21(30)19(20(29)12-3-8-16(26)15(11-12)25(31)32)24-18(28)10-9-17(27)23-13-4-6-14(7-5-13)36(22,33)34/h3-8,11,19-20,26,29H,2,9-10H2,1H3,(H,23,27)(H,24,28)(H2,22,33,34)/t19-,20-/m0/s1. The number of esters is 1. The molecule has 2 aromatic carbocycles. The highest BCUT2D eigenvalue weighted by atomic mass is 32.2. The van der Waals surface area contributed by atoms with Crippen molar-refractivity contribution in [3.8, 4) is 5.75 Å². The maximum atomic E-state index is 12.4. The first-order chi connectivity index (χ1) is 16.8. The molecule has 14 nitrogen and oxygen atoms in total. The Hall–Kier alpha value is -4.08. The third-order valence-electron chi connectivity index (χ3n) is 4.76. The van der Waals surface area contributed by atoms with E-state index in [2.05, 4.69) is 10.6 Å². The van der Waals surface area contributed by atoms with E-state index in [0.29, 0.717) is 0 Å². The van der Waals surface area contributed by atoms with Gasteiger partial charge in [-0.05, 0) is 42.8 Å². The molecule has 194 valence electrons. The van der Waals surface area contributed by atoms with Crippen molar-refractivity contribution < 1.29 is 42.7 Å². The van der Waals surface area contributed by atoms with Crippen molar-refractivity contribution in [2.45, 2.75) is 36.8 Å². The zero-order valence-electron chi connectivity index (χ0n) is 18.9. The van der Waals surface area contributed by atoms with Crippen LogP contribution in [0.15, 0.2) is 47.4 Å². The Morgan fingerprint density at radius 3 is 2.28 bits per heavy atom. The van der Waals surface area contributed by atoms with Crippen LogP contribution in [0.5, 0.6) is 5.75 Å². The van der Waals surface area contributed by atoms with Crippen molar-refractivity contribution in [2.75, 3.05) is 11.9 Å². The fourth-order valence-corrected chi connectivity index (χ4v) is 3.50. The Kier molecular flexibility index (Phi) is 9.43. The Morgan fingerprint density at radius 2 is 1.72 bits per heavy atom. The first-order valence-corrected chi connectivity index (χ1v) is 11.9. The second kappa shape index (κ2) is 12.1. The van der Waals surface area contributed by atoms with E-state index < -0.39 is 62.7 Å². The molecule has 0 spiro atoms. The van der Waals surface area contributed by atoms with Gasteiger partial charge in [0, 0.05) is 24.6 Å². The first-order valence-electron chi connectivity index (χ1n) is 10.4. The number of anilines is 1. The molecule has 0 aliphatic heterocycles. The maximum absolute atomic E-state index is 12.4. The summed E-state index contributed by atoms with van der Waals surface area (Å²) in [6.07, 6.45) is -2.50. The van der Waals surface area contributed by atoms with Gasteiger partial charge in [-0.3, -0.25) is 19.7 Å². The molecule has 0 saturated heterocycles. The van der Waals surface area contributed by atoms with Gasteiger partial charge in [0.25, 0.3) is 0 Å². The number of nitrogens with two attached hydrogens (primary N) is 1. The van der Waals surface area contributed by atoms with Gasteiger partial charge in [0.1, 0.15) is 6.10 Å². The van der Waals surface area contributed by atoms with Gasteiger partial charge in [0.05, 0.1) is 16.4 Å². The van der Waals surface area contributed by atoms with Gasteiger partial charge in [0.15, 0.2) is 11.8 Å². The molecule has 36 heavy (non-hydrogen) atoms. The highest BCUT2D eigenvalue weighted by Gasteiger charge is 2.32. The number of nitrogens with zero attached hydrogens (tertiary/aromatic N) is 1. The van der Waals surface area contributed by atoms with E-state index in [1.54, 1.807) is 0 Å². The van der Waals surface area contributed by atoms with Gasteiger partial charge in [-0.25, -0.2) is 18.4 Å². The van der Waals surface area contributed by atoms with Crippen molar-refractivity contribution in [3.05, 3.63) is 58.1 Å². The Labute approximate surface area is 205 Å². The number of aromatic hydroxyl groups is 1. The highest BCUT2D eigenvalue weighted by molar-refractivity contribution is 7.89. The third-order valence-corrected chi connectivity index (χ3v) is 5.69. The van der Waals surface area contributed by atoms with Crippen molar-refractivity contribution in [3.63, 3.8) is 0 Å². The molecular formula is C21H24N4O10S. The lowest BCUT2D eigenvalue weighted by atomic mass is 10.0. The normalized spacial score (nSPS) is 12.8. The van der Waals surface area contributed by atoms with Crippen LogP contribution in [0, 0.1) is 10.1 Å².